The Morgan fingerprint density at radius 1 is 1.50 bits per heavy atom. The maximum absolute atomic E-state index is 13.0. The van der Waals surface area contributed by atoms with Crippen LogP contribution in [0.25, 0.3) is 11.0 Å². The molecule has 0 saturated heterocycles. The molecule has 20 heavy (non-hydrogen) atoms. The normalized spacial score (nSPS) is 11.9. The molecule has 2 aromatic rings. The molecule has 0 aliphatic rings. The van der Waals surface area contributed by atoms with Crippen molar-refractivity contribution < 1.29 is 22.7 Å². The molecule has 1 aromatic carbocycles. The van der Waals surface area contributed by atoms with Crippen molar-refractivity contribution in [2.24, 2.45) is 0 Å². The van der Waals surface area contributed by atoms with Crippen molar-refractivity contribution in [3.63, 3.8) is 0 Å². The van der Waals surface area contributed by atoms with E-state index in [9.17, 15) is 18.0 Å². The molecule has 0 fully saturated rings. The molecular formula is C11H7ClF3IN2O2. The van der Waals surface area contributed by atoms with Gasteiger partial charge in [-0.15, -0.1) is 0 Å². The molecule has 0 spiro atoms. The van der Waals surface area contributed by atoms with Crippen molar-refractivity contribution >= 4 is 51.3 Å². The van der Waals surface area contributed by atoms with Gasteiger partial charge in [0.1, 0.15) is 5.52 Å². The van der Waals surface area contributed by atoms with Crippen LogP contribution in [0, 0.1) is 3.57 Å². The van der Waals surface area contributed by atoms with E-state index in [-0.39, 0.29) is 22.7 Å². The summed E-state index contributed by atoms with van der Waals surface area (Å²) in [6, 6.07) is 2.86. The monoisotopic (exact) mass is 418 g/mol. The van der Waals surface area contributed by atoms with E-state index in [2.05, 4.69) is 9.72 Å². The maximum Gasteiger partial charge on any atom is 0.450 e. The van der Waals surface area contributed by atoms with E-state index >= 15 is 0 Å². The van der Waals surface area contributed by atoms with Gasteiger partial charge in [0.15, 0.2) is 0 Å². The van der Waals surface area contributed by atoms with Gasteiger partial charge >= 0.3 is 12.3 Å². The summed E-state index contributed by atoms with van der Waals surface area (Å²) >= 11 is 7.77. The third-order valence-electron chi connectivity index (χ3n) is 2.38. The van der Waals surface area contributed by atoms with Crippen molar-refractivity contribution in [1.82, 2.24) is 9.55 Å². The molecule has 2 rings (SSSR count). The maximum atomic E-state index is 13.0. The average Bonchev–Trinajstić information content (AvgIpc) is 2.68. The van der Waals surface area contributed by atoms with Crippen LogP contribution in [-0.2, 0) is 10.9 Å². The summed E-state index contributed by atoms with van der Waals surface area (Å²) in [5.41, 5.74) is -0.125. The Bertz CT molecular complexity index is 684. The van der Waals surface area contributed by atoms with Gasteiger partial charge in [-0.2, -0.15) is 13.2 Å². The van der Waals surface area contributed by atoms with Gasteiger partial charge < -0.3 is 4.74 Å². The van der Waals surface area contributed by atoms with Gasteiger partial charge in [0.25, 0.3) is 0 Å². The van der Waals surface area contributed by atoms with Crippen molar-refractivity contribution in [1.29, 1.82) is 0 Å². The van der Waals surface area contributed by atoms with E-state index in [0.29, 0.717) is 8.14 Å². The number of ether oxygens (including phenoxy) is 1. The minimum Gasteiger partial charge on any atom is -0.449 e. The summed E-state index contributed by atoms with van der Waals surface area (Å²) in [6.07, 6.45) is -5.93. The number of rotatable bonds is 1. The molecule has 0 saturated carbocycles. The summed E-state index contributed by atoms with van der Waals surface area (Å²) in [6.45, 7) is 1.45. The summed E-state index contributed by atoms with van der Waals surface area (Å²) in [4.78, 5) is 15.2. The first-order valence-electron chi connectivity index (χ1n) is 5.37. The van der Waals surface area contributed by atoms with E-state index in [1.807, 2.05) is 22.6 Å². The first kappa shape index (κ1) is 15.4. The summed E-state index contributed by atoms with van der Waals surface area (Å²) in [5.74, 6) is -1.35. The molecule has 0 aliphatic heterocycles. The smallest absolute Gasteiger partial charge is 0.449 e. The summed E-state index contributed by atoms with van der Waals surface area (Å²) in [7, 11) is 0. The Morgan fingerprint density at radius 2 is 2.15 bits per heavy atom. The molecule has 4 nitrogen and oxygen atoms in total. The number of imidazole rings is 1. The first-order valence-corrected chi connectivity index (χ1v) is 6.83. The van der Waals surface area contributed by atoms with Crippen LogP contribution >= 0.6 is 34.2 Å². The number of hydrogen-bond donors (Lipinski definition) is 0. The standard InChI is InChI=1S/C11H7ClF3IN2O2/c1-2-20-10(19)18-7-4-5(16)3-6(12)8(7)17-9(18)11(13,14)15/h3-4H,2H2,1H3. The third-order valence-corrected chi connectivity index (χ3v) is 3.29. The quantitative estimate of drug-likeness (QED) is 0.648. The minimum absolute atomic E-state index is 0.0346. The van der Waals surface area contributed by atoms with E-state index in [1.165, 1.54) is 19.1 Å². The first-order chi connectivity index (χ1) is 9.25. The van der Waals surface area contributed by atoms with Crippen LogP contribution < -0.4 is 0 Å². The highest BCUT2D eigenvalue weighted by Gasteiger charge is 2.40. The van der Waals surface area contributed by atoms with Gasteiger partial charge in [0.2, 0.25) is 5.82 Å². The Labute approximate surface area is 130 Å². The predicted molar refractivity (Wildman–Crippen MR) is 74.9 cm³/mol. The van der Waals surface area contributed by atoms with E-state index in [1.54, 1.807) is 0 Å². The second-order valence-electron chi connectivity index (χ2n) is 3.72. The third kappa shape index (κ3) is 2.71. The second kappa shape index (κ2) is 5.40. The van der Waals surface area contributed by atoms with Crippen LogP contribution in [0.1, 0.15) is 12.7 Å². The van der Waals surface area contributed by atoms with Crippen LogP contribution in [-0.4, -0.2) is 22.3 Å². The lowest BCUT2D eigenvalue weighted by Gasteiger charge is -2.09. The topological polar surface area (TPSA) is 44.1 Å². The number of carbonyl (C=O) groups is 1. The van der Waals surface area contributed by atoms with Crippen molar-refractivity contribution in [3.8, 4) is 0 Å². The largest absolute Gasteiger partial charge is 0.450 e. The molecule has 9 heteroatoms. The number of carbonyl (C=O) groups excluding carboxylic acids is 1. The van der Waals surface area contributed by atoms with Crippen LogP contribution in [0.5, 0.6) is 0 Å². The highest BCUT2D eigenvalue weighted by atomic mass is 127. The van der Waals surface area contributed by atoms with E-state index in [0.717, 1.165) is 0 Å². The highest BCUT2D eigenvalue weighted by Crippen LogP contribution is 2.34. The molecule has 0 N–H and O–H groups in total. The lowest BCUT2D eigenvalue weighted by Crippen LogP contribution is -2.22. The Kier molecular flexibility index (Phi) is 4.14. The predicted octanol–water partition coefficient (Wildman–Crippen LogP) is 4.32. The van der Waals surface area contributed by atoms with Gasteiger partial charge in [0.05, 0.1) is 17.1 Å². The van der Waals surface area contributed by atoms with Gasteiger partial charge in [-0.25, -0.2) is 14.3 Å². The summed E-state index contributed by atoms with van der Waals surface area (Å²) in [5, 5.41) is 0.0421. The molecular weight excluding hydrogens is 411 g/mol. The van der Waals surface area contributed by atoms with E-state index < -0.39 is 18.1 Å². The Hall–Kier alpha value is -1.03. The number of nitrogens with zero attached hydrogens (tertiary/aromatic N) is 2. The number of alkyl halides is 3. The van der Waals surface area contributed by atoms with Crippen LogP contribution in [0.3, 0.4) is 0 Å². The lowest BCUT2D eigenvalue weighted by atomic mass is 10.3. The molecule has 0 unspecified atom stereocenters. The minimum atomic E-state index is -4.79. The average molecular weight is 419 g/mol. The van der Waals surface area contributed by atoms with Crippen LogP contribution in [0.4, 0.5) is 18.0 Å². The van der Waals surface area contributed by atoms with Gasteiger partial charge in [-0.05, 0) is 41.6 Å². The fourth-order valence-corrected chi connectivity index (χ4v) is 2.71. The van der Waals surface area contributed by atoms with Gasteiger partial charge in [-0.1, -0.05) is 11.6 Å². The molecule has 1 heterocycles. The number of benzene rings is 1. The Morgan fingerprint density at radius 3 is 2.70 bits per heavy atom. The summed E-state index contributed by atoms with van der Waals surface area (Å²) < 4.78 is 44.6. The van der Waals surface area contributed by atoms with Crippen LogP contribution in [0.2, 0.25) is 5.02 Å². The SMILES string of the molecule is CCOC(=O)n1c(C(F)(F)F)nc2c(Cl)cc(I)cc21. The van der Waals surface area contributed by atoms with Crippen molar-refractivity contribution in [3.05, 3.63) is 26.5 Å². The zero-order valence-electron chi connectivity index (χ0n) is 9.96. The molecule has 0 radical (unpaired) electrons. The van der Waals surface area contributed by atoms with E-state index in [4.69, 9.17) is 11.6 Å². The molecule has 0 bridgehead atoms. The number of aromatic nitrogens is 2. The molecule has 0 amide bonds. The second-order valence-corrected chi connectivity index (χ2v) is 5.38. The fourth-order valence-electron chi connectivity index (χ4n) is 1.67. The van der Waals surface area contributed by atoms with Crippen molar-refractivity contribution in [2.75, 3.05) is 6.61 Å². The lowest BCUT2D eigenvalue weighted by molar-refractivity contribution is -0.146. The number of fused-ring (bicyclic) bond motifs is 1. The Balaban J connectivity index is 2.82. The van der Waals surface area contributed by atoms with Gasteiger partial charge in [0, 0.05) is 3.57 Å². The van der Waals surface area contributed by atoms with Crippen LogP contribution in [0.15, 0.2) is 12.1 Å². The van der Waals surface area contributed by atoms with Crippen molar-refractivity contribution in [2.45, 2.75) is 13.1 Å². The highest BCUT2D eigenvalue weighted by molar-refractivity contribution is 14.1. The zero-order chi connectivity index (χ0) is 15.1. The number of hydrogen-bond acceptors (Lipinski definition) is 3. The number of halogens is 5. The zero-order valence-corrected chi connectivity index (χ0v) is 12.9. The molecule has 0 aliphatic carbocycles. The molecule has 108 valence electrons. The fraction of sp³-hybridized carbons (Fsp3) is 0.273. The molecule has 0 atom stereocenters. The van der Waals surface area contributed by atoms with Gasteiger partial charge in [-0.3, -0.25) is 0 Å². The molecule has 1 aromatic heterocycles.